The molecular weight excluding hydrogens is 691 g/mol. The lowest BCUT2D eigenvalue weighted by molar-refractivity contribution is -0.157. The third-order valence-electron chi connectivity index (χ3n) is 9.69. The van der Waals surface area contributed by atoms with E-state index in [2.05, 4.69) is 21.7 Å². The maximum Gasteiger partial charge on any atom is 0.333 e. The number of nitrogen functional groups attached to an aromatic ring is 1. The highest BCUT2D eigenvalue weighted by atomic mass is 32.1. The van der Waals surface area contributed by atoms with Crippen LogP contribution in [0.25, 0.3) is 21.0 Å². The molecule has 270 valence electrons. The number of carbonyl (C=O) groups is 4. The molecule has 0 aliphatic carbocycles. The Hall–Kier alpha value is -6.04. The third kappa shape index (κ3) is 7.21. The fourth-order valence-electron chi connectivity index (χ4n) is 7.13. The lowest BCUT2D eigenvalue weighted by Gasteiger charge is -2.46. The summed E-state index contributed by atoms with van der Waals surface area (Å²) in [6, 6.07) is 27.0. The molecule has 7 rings (SSSR count). The van der Waals surface area contributed by atoms with Crippen molar-refractivity contribution in [3.05, 3.63) is 102 Å². The minimum absolute atomic E-state index is 0.111. The van der Waals surface area contributed by atoms with Gasteiger partial charge in [-0.3, -0.25) is 14.4 Å². The first-order valence-corrected chi connectivity index (χ1v) is 18.4. The van der Waals surface area contributed by atoms with E-state index in [9.17, 15) is 24.4 Å². The molecule has 0 radical (unpaired) electrons. The number of amides is 5. The SMILES string of the molecule is CCCCNC(=O)N(CC#N)N1CC(=O)N2[C@@H](Cc3ccc(NC(=O)c4cccc5ccccc45)cc3)C(=O)N(Cc3cccc4sc(N)nc34)C[C@@H]21. The van der Waals surface area contributed by atoms with Crippen LogP contribution in [-0.2, 0) is 22.6 Å². The summed E-state index contributed by atoms with van der Waals surface area (Å²) in [6.07, 6.45) is 1.14. The number of para-hydroxylation sites is 1. The lowest BCUT2D eigenvalue weighted by atomic mass is 9.99. The highest BCUT2D eigenvalue weighted by molar-refractivity contribution is 7.22. The molecule has 2 fully saturated rings. The first kappa shape index (κ1) is 35.4. The number of aromatic nitrogens is 1. The Kier molecular flexibility index (Phi) is 10.2. The summed E-state index contributed by atoms with van der Waals surface area (Å²) < 4.78 is 0.900. The van der Waals surface area contributed by atoms with Crippen molar-refractivity contribution < 1.29 is 19.2 Å². The topological polar surface area (TPSA) is 168 Å². The number of anilines is 2. The van der Waals surface area contributed by atoms with Crippen LogP contribution in [0.3, 0.4) is 0 Å². The van der Waals surface area contributed by atoms with E-state index in [1.54, 1.807) is 33.0 Å². The van der Waals surface area contributed by atoms with Crippen LogP contribution < -0.4 is 16.4 Å². The van der Waals surface area contributed by atoms with Gasteiger partial charge in [0, 0.05) is 30.8 Å². The van der Waals surface area contributed by atoms with E-state index in [-0.39, 0.29) is 50.3 Å². The van der Waals surface area contributed by atoms with Crippen molar-refractivity contribution in [1.29, 1.82) is 5.26 Å². The van der Waals surface area contributed by atoms with Gasteiger partial charge in [0.1, 0.15) is 18.8 Å². The largest absolute Gasteiger partial charge is 0.375 e. The number of benzene rings is 4. The molecule has 5 aromatic rings. The van der Waals surface area contributed by atoms with Crippen molar-refractivity contribution in [3.8, 4) is 6.07 Å². The van der Waals surface area contributed by atoms with Gasteiger partial charge in [0.15, 0.2) is 5.13 Å². The van der Waals surface area contributed by atoms with Gasteiger partial charge in [-0.15, -0.1) is 0 Å². The summed E-state index contributed by atoms with van der Waals surface area (Å²) in [5, 5.41) is 20.7. The van der Waals surface area contributed by atoms with Gasteiger partial charge in [0.2, 0.25) is 11.8 Å². The number of rotatable bonds is 11. The molecule has 1 aromatic heterocycles. The van der Waals surface area contributed by atoms with Gasteiger partial charge in [-0.1, -0.05) is 85.3 Å². The van der Waals surface area contributed by atoms with Gasteiger partial charge in [-0.05, 0) is 52.6 Å². The second-order valence-electron chi connectivity index (χ2n) is 13.1. The Labute approximate surface area is 310 Å². The van der Waals surface area contributed by atoms with E-state index in [4.69, 9.17) is 5.73 Å². The average molecular weight is 730 g/mol. The number of nitrogens with one attached hydrogen (secondary N) is 2. The number of thiazole rings is 1. The third-order valence-corrected chi connectivity index (χ3v) is 10.5. The summed E-state index contributed by atoms with van der Waals surface area (Å²) in [4.78, 5) is 62.6. The van der Waals surface area contributed by atoms with Crippen LogP contribution in [-0.4, -0.2) is 86.9 Å². The van der Waals surface area contributed by atoms with Crippen molar-refractivity contribution in [3.63, 3.8) is 0 Å². The number of fused-ring (bicyclic) bond motifs is 3. The quantitative estimate of drug-likeness (QED) is 0.127. The molecule has 2 atom stereocenters. The number of nitrogens with zero attached hydrogens (tertiary/aromatic N) is 6. The number of hydrazine groups is 1. The average Bonchev–Trinajstić information content (AvgIpc) is 3.71. The van der Waals surface area contributed by atoms with Crippen molar-refractivity contribution in [2.75, 3.05) is 37.2 Å². The van der Waals surface area contributed by atoms with Crippen LogP contribution in [0.5, 0.6) is 0 Å². The first-order valence-electron chi connectivity index (χ1n) is 17.6. The molecule has 2 aliphatic heterocycles. The van der Waals surface area contributed by atoms with E-state index in [0.29, 0.717) is 28.4 Å². The maximum atomic E-state index is 14.4. The smallest absolute Gasteiger partial charge is 0.333 e. The van der Waals surface area contributed by atoms with Gasteiger partial charge in [-0.2, -0.15) is 10.3 Å². The molecule has 0 saturated carbocycles. The molecule has 0 spiro atoms. The van der Waals surface area contributed by atoms with Crippen LogP contribution in [0, 0.1) is 11.3 Å². The molecule has 0 unspecified atom stereocenters. The molecule has 5 amide bonds. The Morgan fingerprint density at radius 2 is 1.81 bits per heavy atom. The molecule has 2 saturated heterocycles. The number of piperazine rings is 1. The van der Waals surface area contributed by atoms with Crippen LogP contribution in [0.15, 0.2) is 84.9 Å². The zero-order valence-corrected chi connectivity index (χ0v) is 30.0. The van der Waals surface area contributed by atoms with E-state index in [0.717, 1.165) is 39.4 Å². The second kappa shape index (κ2) is 15.3. The second-order valence-corrected chi connectivity index (χ2v) is 14.2. The van der Waals surface area contributed by atoms with Gasteiger partial charge in [0.25, 0.3) is 5.91 Å². The Morgan fingerprint density at radius 3 is 2.60 bits per heavy atom. The van der Waals surface area contributed by atoms with E-state index in [1.807, 2.05) is 73.7 Å². The first-order chi connectivity index (χ1) is 25.7. The van der Waals surface area contributed by atoms with Crippen LogP contribution in [0.1, 0.15) is 41.3 Å². The summed E-state index contributed by atoms with van der Waals surface area (Å²) in [5.74, 6) is -0.800. The minimum Gasteiger partial charge on any atom is -0.375 e. The summed E-state index contributed by atoms with van der Waals surface area (Å²) >= 11 is 1.37. The number of nitriles is 1. The molecule has 13 nitrogen and oxygen atoms in total. The maximum absolute atomic E-state index is 14.4. The van der Waals surface area contributed by atoms with Crippen molar-refractivity contribution in [1.82, 2.24) is 30.1 Å². The number of urea groups is 1. The van der Waals surface area contributed by atoms with Crippen LogP contribution >= 0.6 is 11.3 Å². The number of carbonyl (C=O) groups excluding carboxylic acids is 4. The van der Waals surface area contributed by atoms with E-state index >= 15 is 0 Å². The molecule has 0 bridgehead atoms. The van der Waals surface area contributed by atoms with Gasteiger partial charge >= 0.3 is 6.03 Å². The predicted molar refractivity (Wildman–Crippen MR) is 203 cm³/mol. The zero-order valence-electron chi connectivity index (χ0n) is 29.2. The molecule has 4 aromatic carbocycles. The molecule has 2 aliphatic rings. The fourth-order valence-corrected chi connectivity index (χ4v) is 7.91. The minimum atomic E-state index is -0.894. The monoisotopic (exact) mass is 729 g/mol. The summed E-state index contributed by atoms with van der Waals surface area (Å²) in [5.41, 5.74) is 9.48. The fraction of sp³-hybridized carbons (Fsp3) is 0.282. The number of hydrogen-bond acceptors (Lipinski definition) is 9. The van der Waals surface area contributed by atoms with Crippen molar-refractivity contribution >= 4 is 66.9 Å². The number of unbranched alkanes of at least 4 members (excludes halogenated alkanes) is 1. The van der Waals surface area contributed by atoms with E-state index < -0.39 is 18.2 Å². The Morgan fingerprint density at radius 1 is 1.04 bits per heavy atom. The van der Waals surface area contributed by atoms with E-state index in [1.165, 1.54) is 16.3 Å². The van der Waals surface area contributed by atoms with Gasteiger partial charge < -0.3 is 26.2 Å². The zero-order chi connectivity index (χ0) is 37.1. The normalized spacial score (nSPS) is 17.2. The van der Waals surface area contributed by atoms with Crippen molar-refractivity contribution in [2.45, 2.75) is 44.9 Å². The van der Waals surface area contributed by atoms with Crippen LogP contribution in [0.2, 0.25) is 0 Å². The predicted octanol–water partition coefficient (Wildman–Crippen LogP) is 4.96. The molecular formula is C39H39N9O4S. The molecule has 3 heterocycles. The molecule has 53 heavy (non-hydrogen) atoms. The Bertz CT molecular complexity index is 2230. The van der Waals surface area contributed by atoms with Gasteiger partial charge in [-0.25, -0.2) is 14.8 Å². The Balaban J connectivity index is 1.16. The summed E-state index contributed by atoms with van der Waals surface area (Å²) in [6.45, 7) is 2.34. The lowest BCUT2D eigenvalue weighted by Crippen LogP contribution is -2.66. The molecule has 14 heteroatoms. The number of hydrogen-bond donors (Lipinski definition) is 3. The highest BCUT2D eigenvalue weighted by Gasteiger charge is 2.52. The number of nitrogens with two attached hydrogens (primary N) is 1. The van der Waals surface area contributed by atoms with Crippen molar-refractivity contribution in [2.24, 2.45) is 0 Å². The molecule has 4 N–H and O–H groups in total. The van der Waals surface area contributed by atoms with Crippen LogP contribution in [0.4, 0.5) is 15.6 Å². The highest BCUT2D eigenvalue weighted by Crippen LogP contribution is 2.33. The summed E-state index contributed by atoms with van der Waals surface area (Å²) in [7, 11) is 0. The van der Waals surface area contributed by atoms with Gasteiger partial charge in [0.05, 0.1) is 29.4 Å². The standard InChI is InChI=1S/C39H39N9O4S/c1-2-3-19-42-39(52)46(20-18-40)47-24-34(49)48-31(37(51)45(23-33(47)48)22-27-10-7-13-32-35(27)44-38(41)53-32)21-25-14-16-28(17-15-25)43-36(50)30-12-6-9-26-8-4-5-11-29(26)30/h4-17,31,33H,2-3,19-24H2,1H3,(H2,41,44)(H,42,52)(H,43,50)/t31-,33+/m0/s1.